The number of fused-ring (bicyclic) bond motifs is 2. The third kappa shape index (κ3) is 5.86. The van der Waals surface area contributed by atoms with Gasteiger partial charge in [-0.1, -0.05) is 0 Å². The summed E-state index contributed by atoms with van der Waals surface area (Å²) in [6.07, 6.45) is -5.62. The Bertz CT molecular complexity index is 1140. The molecule has 4 rings (SSSR count). The molecule has 3 aliphatic rings. The van der Waals surface area contributed by atoms with Gasteiger partial charge in [0.05, 0.1) is 21.6 Å². The Morgan fingerprint density at radius 1 is 1.13 bits per heavy atom. The number of aliphatic carboxylic acids is 1. The molecule has 1 heterocycles. The van der Waals surface area contributed by atoms with E-state index in [4.69, 9.17) is 4.74 Å². The molecular formula is C25H31F7N2O4S. The van der Waals surface area contributed by atoms with Gasteiger partial charge in [0.1, 0.15) is 23.3 Å². The van der Waals surface area contributed by atoms with Crippen molar-refractivity contribution in [3.63, 3.8) is 0 Å². The van der Waals surface area contributed by atoms with E-state index in [1.54, 1.807) is 0 Å². The van der Waals surface area contributed by atoms with Crippen molar-refractivity contribution >= 4 is 22.6 Å². The van der Waals surface area contributed by atoms with Gasteiger partial charge >= 0.3 is 12.1 Å². The van der Waals surface area contributed by atoms with Crippen molar-refractivity contribution in [3.8, 4) is 5.75 Å². The fourth-order valence-electron chi connectivity index (χ4n) is 5.39. The van der Waals surface area contributed by atoms with Crippen molar-refractivity contribution in [3.05, 3.63) is 17.7 Å². The molecule has 0 amide bonds. The average Bonchev–Trinajstić information content (AvgIpc) is 3.13. The largest absolute Gasteiger partial charge is 0.492 e. The first-order valence-electron chi connectivity index (χ1n) is 12.5. The zero-order valence-corrected chi connectivity index (χ0v) is 22.6. The number of halogens is 7. The van der Waals surface area contributed by atoms with Crippen LogP contribution in [0.25, 0.3) is 0 Å². The van der Waals surface area contributed by atoms with Crippen molar-refractivity contribution in [2.75, 3.05) is 25.1 Å². The summed E-state index contributed by atoms with van der Waals surface area (Å²) in [4.78, 5) is 12.9. The van der Waals surface area contributed by atoms with Crippen molar-refractivity contribution in [1.82, 2.24) is 4.31 Å². The summed E-state index contributed by atoms with van der Waals surface area (Å²) in [5, 5.41) is 9.34. The third-order valence-corrected chi connectivity index (χ3v) is 9.51. The van der Waals surface area contributed by atoms with E-state index in [9.17, 15) is 44.8 Å². The van der Waals surface area contributed by atoms with Gasteiger partial charge in [0.25, 0.3) is 5.92 Å². The van der Waals surface area contributed by atoms with Gasteiger partial charge < -0.3 is 14.7 Å². The number of rotatable bonds is 8. The molecule has 0 saturated heterocycles. The average molecular weight is 589 g/mol. The Hall–Kier alpha value is -2.09. The number of carboxylic acid groups (broad SMARTS) is 1. The highest BCUT2D eigenvalue weighted by Crippen LogP contribution is 2.65. The molecule has 1 N–H and O–H groups in total. The summed E-state index contributed by atoms with van der Waals surface area (Å²) in [6.45, 7) is 2.58. The quantitative estimate of drug-likeness (QED) is 0.388. The monoisotopic (exact) mass is 588 g/mol. The van der Waals surface area contributed by atoms with Crippen LogP contribution in [0.3, 0.4) is 0 Å². The van der Waals surface area contributed by atoms with Gasteiger partial charge in [-0.25, -0.2) is 26.1 Å². The van der Waals surface area contributed by atoms with Gasteiger partial charge in [-0.2, -0.15) is 13.2 Å². The van der Waals surface area contributed by atoms with E-state index in [0.717, 1.165) is 19.1 Å². The molecule has 4 atom stereocenters. The van der Waals surface area contributed by atoms with E-state index in [1.807, 2.05) is 0 Å². The summed E-state index contributed by atoms with van der Waals surface area (Å²) >= 11 is 0. The van der Waals surface area contributed by atoms with E-state index in [1.165, 1.54) is 30.1 Å². The molecular weight excluding hydrogens is 557 g/mol. The van der Waals surface area contributed by atoms with Crippen LogP contribution < -0.4 is 9.64 Å². The van der Waals surface area contributed by atoms with E-state index in [-0.39, 0.29) is 36.4 Å². The maximum atomic E-state index is 14.2. The van der Waals surface area contributed by atoms with Crippen LogP contribution in [0.15, 0.2) is 17.0 Å². The summed E-state index contributed by atoms with van der Waals surface area (Å²) in [7, 11) is -0.703. The predicted molar refractivity (Wildman–Crippen MR) is 128 cm³/mol. The molecule has 39 heavy (non-hydrogen) atoms. The molecule has 1 aromatic carbocycles. The Morgan fingerprint density at radius 2 is 1.72 bits per heavy atom. The molecule has 0 radical (unpaired) electrons. The lowest BCUT2D eigenvalue weighted by Crippen LogP contribution is -2.45. The Morgan fingerprint density at radius 3 is 2.23 bits per heavy atom. The second-order valence-corrected chi connectivity index (χ2v) is 13.0. The summed E-state index contributed by atoms with van der Waals surface area (Å²) in [5.74, 6) is -9.70. The van der Waals surface area contributed by atoms with E-state index >= 15 is 0 Å². The van der Waals surface area contributed by atoms with E-state index in [0.29, 0.717) is 0 Å². The minimum Gasteiger partial charge on any atom is -0.492 e. The lowest BCUT2D eigenvalue weighted by Gasteiger charge is -2.36. The van der Waals surface area contributed by atoms with Gasteiger partial charge in [-0.3, -0.25) is 4.79 Å². The standard InChI is InChI=1S/C25H31F7N2O4S/c1-22(2,21(35)36)12-38-19-10-20-18(9-17(19)25(30,31)32)34(14-7-15-16(8-14)24(15,28)29)11-13(33(4)39(20)37)5-6-23(3,26)27/h9-10,13-16H,5-8,11-12H2,1-4H3,(H,35,36). The van der Waals surface area contributed by atoms with Crippen molar-refractivity contribution in [2.24, 2.45) is 17.3 Å². The SMILES string of the molecule is CN1C(CCC(C)(F)F)CN(C2CC3C(C2)C3(F)F)c2cc(C(F)(F)F)c(OCC(C)(C)C(=O)O)cc2S1=O. The van der Waals surface area contributed by atoms with Gasteiger partial charge in [-0.15, -0.1) is 0 Å². The number of anilines is 1. The Labute approximate surface area is 224 Å². The van der Waals surface area contributed by atoms with Crippen LogP contribution in [-0.4, -0.2) is 63.7 Å². The maximum Gasteiger partial charge on any atom is 0.420 e. The number of hydrogen-bond acceptors (Lipinski definition) is 4. The second-order valence-electron chi connectivity index (χ2n) is 11.5. The number of carboxylic acids is 1. The van der Waals surface area contributed by atoms with Crippen LogP contribution in [0, 0.1) is 17.3 Å². The van der Waals surface area contributed by atoms with Gasteiger partial charge in [0.15, 0.2) is 0 Å². The predicted octanol–water partition coefficient (Wildman–Crippen LogP) is 5.82. The molecule has 14 heteroatoms. The first-order chi connectivity index (χ1) is 17.7. The summed E-state index contributed by atoms with van der Waals surface area (Å²) in [5.41, 5.74) is -2.86. The molecule has 2 fully saturated rings. The molecule has 220 valence electrons. The van der Waals surface area contributed by atoms with E-state index < -0.39 is 88.7 Å². The topological polar surface area (TPSA) is 70.1 Å². The molecule has 1 aliphatic heterocycles. The third-order valence-electron chi connectivity index (χ3n) is 7.99. The summed E-state index contributed by atoms with van der Waals surface area (Å²) < 4.78 is 118. The van der Waals surface area contributed by atoms with Crippen molar-refractivity contribution in [2.45, 2.75) is 81.5 Å². The highest BCUT2D eigenvalue weighted by molar-refractivity contribution is 7.82. The Kier molecular flexibility index (Phi) is 7.49. The summed E-state index contributed by atoms with van der Waals surface area (Å²) in [6, 6.07) is 0.330. The molecule has 2 saturated carbocycles. The number of alkyl halides is 7. The van der Waals surface area contributed by atoms with Crippen LogP contribution in [0.4, 0.5) is 36.4 Å². The number of ether oxygens (including phenoxy) is 1. The van der Waals surface area contributed by atoms with Crippen molar-refractivity contribution < 1.29 is 49.6 Å². The molecule has 0 aromatic heterocycles. The normalized spacial score (nSPS) is 29.0. The van der Waals surface area contributed by atoms with Crippen LogP contribution >= 0.6 is 0 Å². The fourth-order valence-corrected chi connectivity index (χ4v) is 6.70. The van der Waals surface area contributed by atoms with Crippen molar-refractivity contribution in [1.29, 1.82) is 0 Å². The number of carbonyl (C=O) groups is 1. The lowest BCUT2D eigenvalue weighted by molar-refractivity contribution is -0.148. The van der Waals surface area contributed by atoms with Gasteiger partial charge in [0.2, 0.25) is 5.92 Å². The minimum atomic E-state index is -4.95. The highest BCUT2D eigenvalue weighted by atomic mass is 32.2. The van der Waals surface area contributed by atoms with Crippen LogP contribution in [0.1, 0.15) is 52.0 Å². The number of likely N-dealkylation sites (N-methyl/N-ethyl adjacent to an activating group) is 1. The highest BCUT2D eigenvalue weighted by Gasteiger charge is 2.72. The minimum absolute atomic E-state index is 0.0104. The molecule has 6 nitrogen and oxygen atoms in total. The maximum absolute atomic E-state index is 14.2. The number of hydrogen-bond donors (Lipinski definition) is 1. The first-order valence-corrected chi connectivity index (χ1v) is 13.6. The zero-order chi connectivity index (χ0) is 29.3. The molecule has 0 bridgehead atoms. The number of nitrogens with zero attached hydrogens (tertiary/aromatic N) is 2. The molecule has 2 aliphatic carbocycles. The molecule has 1 aromatic rings. The van der Waals surface area contributed by atoms with Gasteiger partial charge in [-0.05, 0) is 46.1 Å². The first kappa shape index (κ1) is 29.9. The lowest BCUT2D eigenvalue weighted by atomic mass is 9.95. The van der Waals surface area contributed by atoms with Crippen LogP contribution in [0.2, 0.25) is 0 Å². The Balaban J connectivity index is 1.78. The van der Waals surface area contributed by atoms with Gasteiger partial charge in [0, 0.05) is 50.0 Å². The zero-order valence-electron chi connectivity index (χ0n) is 21.8. The number of benzene rings is 1. The molecule has 4 unspecified atom stereocenters. The fraction of sp³-hybridized carbons (Fsp3) is 0.720. The van der Waals surface area contributed by atoms with E-state index in [2.05, 4.69) is 0 Å². The van der Waals surface area contributed by atoms with Crippen LogP contribution in [-0.2, 0) is 22.0 Å². The molecule has 0 spiro atoms. The second kappa shape index (κ2) is 9.78. The van der Waals surface area contributed by atoms with Crippen LogP contribution in [0.5, 0.6) is 5.75 Å². The smallest absolute Gasteiger partial charge is 0.420 e.